The summed E-state index contributed by atoms with van der Waals surface area (Å²) in [7, 11) is 0. The van der Waals surface area contributed by atoms with Crippen molar-refractivity contribution in [1.82, 2.24) is 0 Å². The maximum absolute atomic E-state index is 8.82. The molecule has 16 heavy (non-hydrogen) atoms. The summed E-state index contributed by atoms with van der Waals surface area (Å²) in [4.78, 5) is 0. The lowest BCUT2D eigenvalue weighted by molar-refractivity contribution is 0.327. The molecule has 1 atom stereocenters. The maximum atomic E-state index is 8.82. The fourth-order valence-electron chi connectivity index (χ4n) is 1.31. The maximum Gasteiger partial charge on any atom is 0.0639 e. The topological polar surface area (TPSA) is 20.2 Å². The molecule has 0 saturated heterocycles. The molecule has 92 valence electrons. The van der Waals surface area contributed by atoms with Gasteiger partial charge in [-0.1, -0.05) is 56.7 Å². The zero-order valence-electron chi connectivity index (χ0n) is 11.2. The summed E-state index contributed by atoms with van der Waals surface area (Å²) in [6, 6.07) is 0. The summed E-state index contributed by atoms with van der Waals surface area (Å²) in [6.45, 7) is 12.6. The molecule has 0 aliphatic carbocycles. The lowest BCUT2D eigenvalue weighted by atomic mass is 9.98. The zero-order chi connectivity index (χ0) is 12.6. The molecule has 0 aliphatic heterocycles. The van der Waals surface area contributed by atoms with Crippen LogP contribution >= 0.6 is 0 Å². The predicted octanol–water partition coefficient (Wildman–Crippen LogP) is 4.11. The molecular formula is C15H26O. The number of aliphatic hydroxyl groups excluding tert-OH is 1. The molecule has 0 aromatic rings. The average Bonchev–Trinajstić information content (AvgIpc) is 2.25. The number of allylic oxidation sites excluding steroid dienone is 4. The third kappa shape index (κ3) is 7.47. The van der Waals surface area contributed by atoms with Crippen LogP contribution in [0.2, 0.25) is 0 Å². The monoisotopic (exact) mass is 222 g/mol. The summed E-state index contributed by atoms with van der Waals surface area (Å²) in [6.07, 6.45) is 8.61. The molecule has 0 heterocycles. The SMILES string of the molecule is C=C(CO)CC/C=C(\C)[C@@H](C)/C=C/C(C)C. The van der Waals surface area contributed by atoms with E-state index in [-0.39, 0.29) is 6.61 Å². The van der Waals surface area contributed by atoms with E-state index < -0.39 is 0 Å². The first-order valence-corrected chi connectivity index (χ1v) is 6.09. The van der Waals surface area contributed by atoms with Gasteiger partial charge in [0.2, 0.25) is 0 Å². The van der Waals surface area contributed by atoms with Crippen molar-refractivity contribution in [2.75, 3.05) is 6.61 Å². The summed E-state index contributed by atoms with van der Waals surface area (Å²) in [5.74, 6) is 1.12. The summed E-state index contributed by atoms with van der Waals surface area (Å²) < 4.78 is 0. The van der Waals surface area contributed by atoms with E-state index >= 15 is 0 Å². The first-order valence-electron chi connectivity index (χ1n) is 6.09. The van der Waals surface area contributed by atoms with E-state index in [0.29, 0.717) is 11.8 Å². The molecule has 0 bridgehead atoms. The Bertz CT molecular complexity index is 259. The Morgan fingerprint density at radius 3 is 2.38 bits per heavy atom. The molecule has 0 rings (SSSR count). The van der Waals surface area contributed by atoms with Crippen molar-refractivity contribution in [2.45, 2.75) is 40.5 Å². The molecule has 1 nitrogen and oxygen atoms in total. The van der Waals surface area contributed by atoms with Crippen molar-refractivity contribution < 1.29 is 5.11 Å². The molecule has 0 aromatic heterocycles. The van der Waals surface area contributed by atoms with Crippen LogP contribution in [-0.2, 0) is 0 Å². The van der Waals surface area contributed by atoms with Gasteiger partial charge >= 0.3 is 0 Å². The highest BCUT2D eigenvalue weighted by atomic mass is 16.3. The van der Waals surface area contributed by atoms with Crippen LogP contribution in [0.25, 0.3) is 0 Å². The highest BCUT2D eigenvalue weighted by molar-refractivity contribution is 5.11. The Morgan fingerprint density at radius 2 is 1.88 bits per heavy atom. The molecule has 0 amide bonds. The summed E-state index contributed by atoms with van der Waals surface area (Å²) in [5, 5.41) is 8.82. The molecule has 0 spiro atoms. The van der Waals surface area contributed by atoms with E-state index in [1.54, 1.807) is 0 Å². The smallest absolute Gasteiger partial charge is 0.0639 e. The molecule has 0 radical (unpaired) electrons. The van der Waals surface area contributed by atoms with Crippen LogP contribution in [0, 0.1) is 11.8 Å². The highest BCUT2D eigenvalue weighted by Gasteiger charge is 1.99. The Kier molecular flexibility index (Phi) is 7.92. The number of hydrogen-bond acceptors (Lipinski definition) is 1. The van der Waals surface area contributed by atoms with E-state index in [4.69, 9.17) is 5.11 Å². The molecule has 0 aromatic carbocycles. The van der Waals surface area contributed by atoms with Gasteiger partial charge in [-0.3, -0.25) is 0 Å². The summed E-state index contributed by atoms with van der Waals surface area (Å²) >= 11 is 0. The first kappa shape index (κ1) is 15.2. The molecule has 1 heteroatoms. The molecule has 0 aliphatic rings. The first-order chi connectivity index (χ1) is 7.47. The van der Waals surface area contributed by atoms with Crippen molar-refractivity contribution in [2.24, 2.45) is 11.8 Å². The van der Waals surface area contributed by atoms with Crippen molar-refractivity contribution in [3.05, 3.63) is 36.0 Å². The van der Waals surface area contributed by atoms with E-state index in [0.717, 1.165) is 18.4 Å². The van der Waals surface area contributed by atoms with E-state index in [1.807, 2.05) is 0 Å². The van der Waals surface area contributed by atoms with Gasteiger partial charge in [0.1, 0.15) is 0 Å². The van der Waals surface area contributed by atoms with Crippen LogP contribution in [0.4, 0.5) is 0 Å². The van der Waals surface area contributed by atoms with Crippen molar-refractivity contribution in [3.8, 4) is 0 Å². The number of rotatable bonds is 7. The third-order valence-corrected chi connectivity index (χ3v) is 2.69. The Labute approximate surface area is 101 Å². The molecule has 0 unspecified atom stereocenters. The Hall–Kier alpha value is -0.820. The lowest BCUT2D eigenvalue weighted by Crippen LogP contribution is -1.93. The second-order valence-electron chi connectivity index (χ2n) is 4.81. The molecule has 1 N–H and O–H groups in total. The summed E-state index contributed by atoms with van der Waals surface area (Å²) in [5.41, 5.74) is 2.30. The number of hydrogen-bond donors (Lipinski definition) is 1. The van der Waals surface area contributed by atoms with Crippen LogP contribution in [-0.4, -0.2) is 11.7 Å². The quantitative estimate of drug-likeness (QED) is 0.643. The second-order valence-corrected chi connectivity index (χ2v) is 4.81. The van der Waals surface area contributed by atoms with E-state index in [9.17, 15) is 0 Å². The standard InChI is InChI=1S/C15H26O/c1-12(2)9-10-15(5)14(4)8-6-7-13(3)11-16/h8-10,12,15-16H,3,6-7,11H2,1-2,4-5H3/b10-9+,14-8+/t15-/m0/s1. The normalized spacial score (nSPS) is 14.8. The predicted molar refractivity (Wildman–Crippen MR) is 72.4 cm³/mol. The second kappa shape index (κ2) is 8.35. The van der Waals surface area contributed by atoms with Gasteiger partial charge in [0.25, 0.3) is 0 Å². The molecule has 0 saturated carbocycles. The van der Waals surface area contributed by atoms with Crippen LogP contribution < -0.4 is 0 Å². The zero-order valence-corrected chi connectivity index (χ0v) is 11.2. The minimum absolute atomic E-state index is 0.107. The molecular weight excluding hydrogens is 196 g/mol. The van der Waals surface area contributed by atoms with Gasteiger partial charge in [0, 0.05) is 0 Å². The van der Waals surface area contributed by atoms with E-state index in [1.165, 1.54) is 5.57 Å². The average molecular weight is 222 g/mol. The van der Waals surface area contributed by atoms with Crippen molar-refractivity contribution in [1.29, 1.82) is 0 Å². The number of aliphatic hydroxyl groups is 1. The van der Waals surface area contributed by atoms with Gasteiger partial charge in [0.05, 0.1) is 6.61 Å². The van der Waals surface area contributed by atoms with Crippen LogP contribution in [0.15, 0.2) is 36.0 Å². The minimum atomic E-state index is 0.107. The van der Waals surface area contributed by atoms with Gasteiger partial charge in [-0.2, -0.15) is 0 Å². The van der Waals surface area contributed by atoms with Crippen LogP contribution in [0.3, 0.4) is 0 Å². The third-order valence-electron chi connectivity index (χ3n) is 2.69. The fraction of sp³-hybridized carbons (Fsp3) is 0.600. The highest BCUT2D eigenvalue weighted by Crippen LogP contribution is 2.14. The van der Waals surface area contributed by atoms with Crippen molar-refractivity contribution in [3.63, 3.8) is 0 Å². The van der Waals surface area contributed by atoms with E-state index in [2.05, 4.69) is 52.5 Å². The Morgan fingerprint density at radius 1 is 1.25 bits per heavy atom. The fourth-order valence-corrected chi connectivity index (χ4v) is 1.31. The van der Waals surface area contributed by atoms with Gasteiger partial charge < -0.3 is 5.11 Å². The Balaban J connectivity index is 4.06. The van der Waals surface area contributed by atoms with Crippen LogP contribution in [0.5, 0.6) is 0 Å². The lowest BCUT2D eigenvalue weighted by Gasteiger charge is -2.08. The van der Waals surface area contributed by atoms with Gasteiger partial charge in [-0.05, 0) is 31.6 Å². The van der Waals surface area contributed by atoms with Crippen molar-refractivity contribution >= 4 is 0 Å². The minimum Gasteiger partial charge on any atom is -0.392 e. The van der Waals surface area contributed by atoms with Gasteiger partial charge in [0.15, 0.2) is 0 Å². The largest absolute Gasteiger partial charge is 0.392 e. The molecule has 0 fully saturated rings. The van der Waals surface area contributed by atoms with Crippen LogP contribution in [0.1, 0.15) is 40.5 Å². The van der Waals surface area contributed by atoms with Gasteiger partial charge in [-0.15, -0.1) is 0 Å². The van der Waals surface area contributed by atoms with Gasteiger partial charge in [-0.25, -0.2) is 0 Å².